The van der Waals surface area contributed by atoms with Gasteiger partial charge in [0.1, 0.15) is 5.75 Å². The van der Waals surface area contributed by atoms with Crippen LogP contribution in [0, 0.1) is 0 Å². The Balaban J connectivity index is 1.68. The summed E-state index contributed by atoms with van der Waals surface area (Å²) < 4.78 is 44.5. The number of aromatic nitrogens is 3. The van der Waals surface area contributed by atoms with Gasteiger partial charge in [-0.1, -0.05) is 11.3 Å². The smallest absolute Gasteiger partial charge is 0.416 e. The number of alkyl halides is 3. The number of nitrogens with zero attached hydrogens (tertiary/aromatic N) is 3. The zero-order valence-corrected chi connectivity index (χ0v) is 12.7. The highest BCUT2D eigenvalue weighted by Crippen LogP contribution is 2.36. The van der Waals surface area contributed by atoms with Crippen molar-refractivity contribution in [1.29, 1.82) is 0 Å². The number of hydrogen-bond acceptors (Lipinski definition) is 5. The summed E-state index contributed by atoms with van der Waals surface area (Å²) in [5, 5.41) is 0.271. The van der Waals surface area contributed by atoms with E-state index in [1.54, 1.807) is 30.6 Å². The minimum absolute atomic E-state index is 0.255. The van der Waals surface area contributed by atoms with Crippen molar-refractivity contribution in [3.05, 3.63) is 54.4 Å². The fraction of sp³-hybridized carbons (Fsp3) is 0.0625. The number of fused-ring (bicyclic) bond motifs is 2. The van der Waals surface area contributed by atoms with E-state index in [-0.39, 0.29) is 10.7 Å². The van der Waals surface area contributed by atoms with E-state index < -0.39 is 11.7 Å². The molecule has 24 heavy (non-hydrogen) atoms. The largest absolute Gasteiger partial charge is 0.431 e. The van der Waals surface area contributed by atoms with E-state index >= 15 is 0 Å². The molecule has 0 aliphatic heterocycles. The summed E-state index contributed by atoms with van der Waals surface area (Å²) >= 11 is 1.18. The summed E-state index contributed by atoms with van der Waals surface area (Å²) in [5.74, 6) is 0.498. The standard InChI is InChI=1S/C16H8F3N3OS/c17-16(18,19)9-1-4-14-13(7-9)22-15(24-14)23-10-2-3-11-12(8-10)21-6-5-20-11/h1-8H. The van der Waals surface area contributed by atoms with Crippen LogP contribution < -0.4 is 4.74 Å². The lowest BCUT2D eigenvalue weighted by Crippen LogP contribution is -2.03. The zero-order valence-electron chi connectivity index (χ0n) is 11.9. The van der Waals surface area contributed by atoms with Crippen LogP contribution in [0.2, 0.25) is 0 Å². The minimum atomic E-state index is -4.39. The average molecular weight is 347 g/mol. The van der Waals surface area contributed by atoms with Gasteiger partial charge in [-0.25, -0.2) is 4.98 Å². The number of benzene rings is 2. The molecule has 120 valence electrons. The lowest BCUT2D eigenvalue weighted by atomic mass is 10.2. The van der Waals surface area contributed by atoms with Crippen molar-refractivity contribution in [2.45, 2.75) is 6.18 Å². The van der Waals surface area contributed by atoms with Gasteiger partial charge in [0.05, 0.1) is 26.8 Å². The van der Waals surface area contributed by atoms with Crippen LogP contribution in [-0.2, 0) is 6.18 Å². The predicted molar refractivity (Wildman–Crippen MR) is 84.2 cm³/mol. The molecule has 4 nitrogen and oxygen atoms in total. The fourth-order valence-corrected chi connectivity index (χ4v) is 3.05. The number of ether oxygens (including phenoxy) is 1. The van der Waals surface area contributed by atoms with Crippen LogP contribution in [0.5, 0.6) is 10.9 Å². The molecule has 0 saturated carbocycles. The van der Waals surface area contributed by atoms with Crippen molar-refractivity contribution in [1.82, 2.24) is 15.0 Å². The molecule has 0 radical (unpaired) electrons. The molecule has 0 fully saturated rings. The Bertz CT molecular complexity index is 1050. The zero-order chi connectivity index (χ0) is 16.7. The molecule has 0 saturated heterocycles. The monoisotopic (exact) mass is 347 g/mol. The average Bonchev–Trinajstić information content (AvgIpc) is 2.95. The molecule has 0 aliphatic carbocycles. The normalized spacial score (nSPS) is 12.0. The van der Waals surface area contributed by atoms with E-state index in [0.717, 1.165) is 17.6 Å². The quantitative estimate of drug-likeness (QED) is 0.509. The van der Waals surface area contributed by atoms with Gasteiger partial charge in [-0.2, -0.15) is 13.2 Å². The van der Waals surface area contributed by atoms with E-state index in [2.05, 4.69) is 15.0 Å². The van der Waals surface area contributed by atoms with Gasteiger partial charge in [0, 0.05) is 18.5 Å². The number of thiazole rings is 1. The van der Waals surface area contributed by atoms with Gasteiger partial charge in [0.15, 0.2) is 0 Å². The second-order valence-electron chi connectivity index (χ2n) is 4.97. The van der Waals surface area contributed by atoms with Gasteiger partial charge in [-0.05, 0) is 30.3 Å². The van der Waals surface area contributed by atoms with Crippen LogP contribution in [0.3, 0.4) is 0 Å². The lowest BCUT2D eigenvalue weighted by molar-refractivity contribution is -0.137. The third-order valence-corrected chi connectivity index (χ3v) is 4.26. The highest BCUT2D eigenvalue weighted by molar-refractivity contribution is 7.20. The Morgan fingerprint density at radius 3 is 2.46 bits per heavy atom. The van der Waals surface area contributed by atoms with Gasteiger partial charge in [0.2, 0.25) is 0 Å². The molecule has 2 heterocycles. The molecule has 0 atom stereocenters. The summed E-state index contributed by atoms with van der Waals surface area (Å²) in [6.45, 7) is 0. The topological polar surface area (TPSA) is 47.9 Å². The van der Waals surface area contributed by atoms with Crippen LogP contribution in [0.4, 0.5) is 13.2 Å². The molecule has 0 bridgehead atoms. The van der Waals surface area contributed by atoms with Crippen molar-refractivity contribution in [3.63, 3.8) is 0 Å². The third kappa shape index (κ3) is 2.76. The molecule has 0 aliphatic rings. The maximum absolute atomic E-state index is 12.7. The Kier molecular flexibility index (Phi) is 3.34. The van der Waals surface area contributed by atoms with Crippen LogP contribution in [-0.4, -0.2) is 15.0 Å². The SMILES string of the molecule is FC(F)(F)c1ccc2sc(Oc3ccc4nccnc4c3)nc2c1. The molecule has 0 spiro atoms. The van der Waals surface area contributed by atoms with Gasteiger partial charge >= 0.3 is 6.18 Å². The summed E-state index contributed by atoms with van der Waals surface area (Å²) in [4.78, 5) is 12.5. The third-order valence-electron chi connectivity index (χ3n) is 3.34. The minimum Gasteiger partial charge on any atom is -0.431 e. The Labute approximate surface area is 137 Å². The van der Waals surface area contributed by atoms with Crippen LogP contribution in [0.1, 0.15) is 5.56 Å². The molecule has 2 aromatic carbocycles. The first-order chi connectivity index (χ1) is 11.5. The first kappa shape index (κ1) is 14.8. The highest BCUT2D eigenvalue weighted by atomic mass is 32.1. The summed E-state index contributed by atoms with van der Waals surface area (Å²) in [7, 11) is 0. The van der Waals surface area contributed by atoms with Crippen LogP contribution in [0.15, 0.2) is 48.8 Å². The van der Waals surface area contributed by atoms with Gasteiger partial charge in [-0.15, -0.1) is 0 Å². The molecule has 2 aromatic heterocycles. The first-order valence-electron chi connectivity index (χ1n) is 6.85. The molecule has 0 N–H and O–H groups in total. The van der Waals surface area contributed by atoms with Gasteiger partial charge < -0.3 is 4.74 Å². The summed E-state index contributed by atoms with van der Waals surface area (Å²) in [6.07, 6.45) is -1.23. The number of halogens is 3. The van der Waals surface area contributed by atoms with Gasteiger partial charge in [0.25, 0.3) is 5.19 Å². The maximum atomic E-state index is 12.7. The molecule has 0 amide bonds. The Hall–Kier alpha value is -2.74. The van der Waals surface area contributed by atoms with E-state index in [1.807, 2.05) is 0 Å². The lowest BCUT2D eigenvalue weighted by Gasteiger charge is -2.04. The molecule has 4 aromatic rings. The van der Waals surface area contributed by atoms with Crippen LogP contribution in [0.25, 0.3) is 21.3 Å². The molecular weight excluding hydrogens is 339 g/mol. The van der Waals surface area contributed by atoms with Crippen molar-refractivity contribution in [2.24, 2.45) is 0 Å². The van der Waals surface area contributed by atoms with Crippen molar-refractivity contribution in [2.75, 3.05) is 0 Å². The number of hydrogen-bond donors (Lipinski definition) is 0. The predicted octanol–water partition coefficient (Wildman–Crippen LogP) is 5.05. The maximum Gasteiger partial charge on any atom is 0.416 e. The summed E-state index contributed by atoms with van der Waals surface area (Å²) in [5.41, 5.74) is 0.915. The highest BCUT2D eigenvalue weighted by Gasteiger charge is 2.30. The van der Waals surface area contributed by atoms with Crippen molar-refractivity contribution >= 4 is 32.6 Å². The second kappa shape index (κ2) is 5.41. The molecular formula is C16H8F3N3OS. The van der Waals surface area contributed by atoms with Crippen LogP contribution >= 0.6 is 11.3 Å². The molecule has 8 heteroatoms. The Morgan fingerprint density at radius 2 is 1.67 bits per heavy atom. The van der Waals surface area contributed by atoms with E-state index in [0.29, 0.717) is 16.0 Å². The molecule has 4 rings (SSSR count). The first-order valence-corrected chi connectivity index (χ1v) is 7.67. The van der Waals surface area contributed by atoms with E-state index in [9.17, 15) is 13.2 Å². The number of rotatable bonds is 2. The summed E-state index contributed by atoms with van der Waals surface area (Å²) in [6, 6.07) is 8.63. The van der Waals surface area contributed by atoms with Crippen molar-refractivity contribution < 1.29 is 17.9 Å². The molecule has 0 unspecified atom stereocenters. The van der Waals surface area contributed by atoms with Crippen molar-refractivity contribution in [3.8, 4) is 10.9 Å². The van der Waals surface area contributed by atoms with E-state index in [4.69, 9.17) is 4.74 Å². The van der Waals surface area contributed by atoms with Gasteiger partial charge in [-0.3, -0.25) is 9.97 Å². The Morgan fingerprint density at radius 1 is 0.875 bits per heavy atom. The fourth-order valence-electron chi connectivity index (χ4n) is 2.23. The second-order valence-corrected chi connectivity index (χ2v) is 5.96. The van der Waals surface area contributed by atoms with E-state index in [1.165, 1.54) is 17.4 Å².